The predicted molar refractivity (Wildman–Crippen MR) is 79.7 cm³/mol. The van der Waals surface area contributed by atoms with E-state index in [2.05, 4.69) is 55.1 Å². The van der Waals surface area contributed by atoms with Gasteiger partial charge in [0.15, 0.2) is 0 Å². The van der Waals surface area contributed by atoms with Crippen LogP contribution < -0.4 is 11.3 Å². The van der Waals surface area contributed by atoms with E-state index in [0.717, 1.165) is 25.1 Å². The van der Waals surface area contributed by atoms with Gasteiger partial charge in [-0.15, -0.1) is 0 Å². The highest BCUT2D eigenvalue weighted by Crippen LogP contribution is 2.21. The van der Waals surface area contributed by atoms with E-state index in [0.29, 0.717) is 5.92 Å². The average molecular weight is 260 g/mol. The largest absolute Gasteiger partial charge is 0.271 e. The lowest BCUT2D eigenvalue weighted by molar-refractivity contribution is 0.367. The first-order chi connectivity index (χ1) is 9.21. The van der Waals surface area contributed by atoms with Crippen molar-refractivity contribution < 1.29 is 0 Å². The number of nitrogens with zero attached hydrogens (tertiary/aromatic N) is 2. The first-order valence-electron chi connectivity index (χ1n) is 7.11. The van der Waals surface area contributed by atoms with Crippen LogP contribution in [0.5, 0.6) is 0 Å². The molecule has 0 bridgehead atoms. The summed E-state index contributed by atoms with van der Waals surface area (Å²) >= 11 is 0. The Bertz CT molecular complexity index is 532. The van der Waals surface area contributed by atoms with E-state index in [1.54, 1.807) is 0 Å². The first kappa shape index (κ1) is 14.0. The molecule has 4 nitrogen and oxygen atoms in total. The lowest BCUT2D eigenvalue weighted by Crippen LogP contribution is -2.41. The summed E-state index contributed by atoms with van der Waals surface area (Å²) in [7, 11) is 0. The van der Waals surface area contributed by atoms with Gasteiger partial charge >= 0.3 is 0 Å². The second-order valence-electron chi connectivity index (χ2n) is 5.14. The van der Waals surface area contributed by atoms with Crippen molar-refractivity contribution in [3.05, 3.63) is 30.0 Å². The lowest BCUT2D eigenvalue weighted by Gasteiger charge is -2.21. The molecule has 0 saturated carbocycles. The highest BCUT2D eigenvalue weighted by molar-refractivity contribution is 5.82. The van der Waals surface area contributed by atoms with Crippen molar-refractivity contribution in [1.29, 1.82) is 0 Å². The van der Waals surface area contributed by atoms with E-state index in [1.807, 2.05) is 0 Å². The maximum absolute atomic E-state index is 5.70. The van der Waals surface area contributed by atoms with Gasteiger partial charge in [-0.2, -0.15) is 5.10 Å². The van der Waals surface area contributed by atoms with Gasteiger partial charge in [-0.1, -0.05) is 38.5 Å². The van der Waals surface area contributed by atoms with E-state index in [1.165, 1.54) is 10.9 Å². The summed E-state index contributed by atoms with van der Waals surface area (Å²) in [6.07, 6.45) is 1.99. The molecule has 2 aromatic rings. The van der Waals surface area contributed by atoms with E-state index >= 15 is 0 Å². The average Bonchev–Trinajstić information content (AvgIpc) is 2.82. The molecule has 0 radical (unpaired) electrons. The maximum atomic E-state index is 5.70. The number of fused-ring (bicyclic) bond motifs is 1. The number of hydrogen-bond acceptors (Lipinski definition) is 3. The molecule has 0 saturated heterocycles. The van der Waals surface area contributed by atoms with Crippen molar-refractivity contribution in [2.45, 2.75) is 46.2 Å². The number of hydrogen-bond donors (Lipinski definition) is 2. The molecule has 104 valence electrons. The molecule has 2 unspecified atom stereocenters. The van der Waals surface area contributed by atoms with Crippen LogP contribution >= 0.6 is 0 Å². The van der Waals surface area contributed by atoms with Crippen molar-refractivity contribution in [2.24, 2.45) is 11.8 Å². The Morgan fingerprint density at radius 2 is 2.05 bits per heavy atom. The van der Waals surface area contributed by atoms with Gasteiger partial charge in [-0.25, -0.2) is 0 Å². The molecule has 3 N–H and O–H groups in total. The number of nitrogens with two attached hydrogens (primary N) is 1. The van der Waals surface area contributed by atoms with Crippen LogP contribution in [0, 0.1) is 5.92 Å². The summed E-state index contributed by atoms with van der Waals surface area (Å²) in [5.41, 5.74) is 5.29. The molecular formula is C15H24N4. The van der Waals surface area contributed by atoms with Gasteiger partial charge in [0, 0.05) is 24.4 Å². The second-order valence-corrected chi connectivity index (χ2v) is 5.14. The van der Waals surface area contributed by atoms with Gasteiger partial charge in [-0.3, -0.25) is 16.0 Å². The van der Waals surface area contributed by atoms with Crippen molar-refractivity contribution in [1.82, 2.24) is 15.2 Å². The van der Waals surface area contributed by atoms with Gasteiger partial charge in [0.05, 0.1) is 11.2 Å². The monoisotopic (exact) mass is 260 g/mol. The highest BCUT2D eigenvalue weighted by Gasteiger charge is 2.18. The highest BCUT2D eigenvalue weighted by atomic mass is 15.3. The molecule has 0 aliphatic rings. The van der Waals surface area contributed by atoms with Gasteiger partial charge in [-0.05, 0) is 18.9 Å². The fourth-order valence-electron chi connectivity index (χ4n) is 2.51. The smallest absolute Gasteiger partial charge is 0.0719 e. The summed E-state index contributed by atoms with van der Waals surface area (Å²) in [6, 6.07) is 8.68. The molecule has 4 heteroatoms. The van der Waals surface area contributed by atoms with Crippen LogP contribution in [0.4, 0.5) is 0 Å². The van der Waals surface area contributed by atoms with Gasteiger partial charge in [0.1, 0.15) is 0 Å². The Morgan fingerprint density at radius 3 is 2.68 bits per heavy atom. The first-order valence-corrected chi connectivity index (χ1v) is 7.11. The predicted octanol–water partition coefficient (Wildman–Crippen LogP) is 2.48. The third-order valence-corrected chi connectivity index (χ3v) is 3.99. The normalized spacial score (nSPS) is 14.7. The summed E-state index contributed by atoms with van der Waals surface area (Å²) in [4.78, 5) is 0. The molecule has 2 rings (SSSR count). The number of hydrazine groups is 1. The molecule has 1 aromatic heterocycles. The minimum Gasteiger partial charge on any atom is -0.271 e. The van der Waals surface area contributed by atoms with Crippen molar-refractivity contribution in [3.8, 4) is 0 Å². The Balaban J connectivity index is 2.34. The number of aromatic nitrogens is 2. The Labute approximate surface area is 114 Å². The van der Waals surface area contributed by atoms with Crippen LogP contribution in [-0.2, 0) is 13.0 Å². The lowest BCUT2D eigenvalue weighted by atomic mass is 9.95. The zero-order chi connectivity index (χ0) is 13.8. The Hall–Kier alpha value is -1.39. The van der Waals surface area contributed by atoms with Crippen molar-refractivity contribution >= 4 is 10.9 Å². The second kappa shape index (κ2) is 6.17. The van der Waals surface area contributed by atoms with Gasteiger partial charge in [0.2, 0.25) is 0 Å². The van der Waals surface area contributed by atoms with E-state index < -0.39 is 0 Å². The molecule has 0 spiro atoms. The molecule has 1 heterocycles. The summed E-state index contributed by atoms with van der Waals surface area (Å²) in [6.45, 7) is 7.43. The zero-order valence-electron chi connectivity index (χ0n) is 12.1. The van der Waals surface area contributed by atoms with E-state index in [4.69, 9.17) is 10.9 Å². The molecule has 19 heavy (non-hydrogen) atoms. The molecule has 0 amide bonds. The molecule has 0 fully saturated rings. The van der Waals surface area contributed by atoms with Gasteiger partial charge in [0.25, 0.3) is 0 Å². The maximum Gasteiger partial charge on any atom is 0.0719 e. The third kappa shape index (κ3) is 2.80. The number of nitrogens with one attached hydrogen (secondary N) is 1. The van der Waals surface area contributed by atoms with Crippen LogP contribution in [-0.4, -0.2) is 15.8 Å². The summed E-state index contributed by atoms with van der Waals surface area (Å²) < 4.78 is 2.06. The Morgan fingerprint density at radius 1 is 1.32 bits per heavy atom. The molecule has 2 atom stereocenters. The summed E-state index contributed by atoms with van der Waals surface area (Å²) in [5, 5.41) is 5.98. The minimum atomic E-state index is 0.272. The SMILES string of the molecule is CCC(C)C(Cc1nn(CC)c2ccccc12)NN. The fourth-order valence-corrected chi connectivity index (χ4v) is 2.51. The van der Waals surface area contributed by atoms with Gasteiger partial charge < -0.3 is 0 Å². The quantitative estimate of drug-likeness (QED) is 0.619. The fraction of sp³-hybridized carbons (Fsp3) is 0.533. The number of benzene rings is 1. The molecule has 0 aliphatic heterocycles. The van der Waals surface area contributed by atoms with Crippen LogP contribution in [0.3, 0.4) is 0 Å². The van der Waals surface area contributed by atoms with E-state index in [9.17, 15) is 0 Å². The van der Waals surface area contributed by atoms with Crippen molar-refractivity contribution in [3.63, 3.8) is 0 Å². The number of para-hydroxylation sites is 1. The topological polar surface area (TPSA) is 55.9 Å². The summed E-state index contributed by atoms with van der Waals surface area (Å²) in [5.74, 6) is 6.23. The minimum absolute atomic E-state index is 0.272. The zero-order valence-corrected chi connectivity index (χ0v) is 12.1. The Kier molecular flexibility index (Phi) is 4.56. The number of aryl methyl sites for hydroxylation is 1. The van der Waals surface area contributed by atoms with Crippen molar-refractivity contribution in [2.75, 3.05) is 0 Å². The number of rotatable bonds is 6. The molecule has 1 aromatic carbocycles. The van der Waals surface area contributed by atoms with Crippen LogP contribution in [0.25, 0.3) is 10.9 Å². The molecule has 0 aliphatic carbocycles. The molecular weight excluding hydrogens is 236 g/mol. The van der Waals surface area contributed by atoms with Crippen LogP contribution in [0.15, 0.2) is 24.3 Å². The third-order valence-electron chi connectivity index (χ3n) is 3.99. The van der Waals surface area contributed by atoms with Crippen LogP contribution in [0.1, 0.15) is 32.9 Å². The van der Waals surface area contributed by atoms with E-state index in [-0.39, 0.29) is 6.04 Å². The standard InChI is InChI=1S/C15H24N4/c1-4-11(3)13(17-16)10-14-12-8-6-7-9-15(12)19(5-2)18-14/h6-9,11,13,17H,4-5,10,16H2,1-3H3. The van der Waals surface area contributed by atoms with Crippen LogP contribution in [0.2, 0.25) is 0 Å².